The molecule has 2 rings (SSSR count). The Balaban J connectivity index is 2.17. The summed E-state index contributed by atoms with van der Waals surface area (Å²) >= 11 is 7.48. The van der Waals surface area contributed by atoms with E-state index < -0.39 is 0 Å². The smallest absolute Gasteiger partial charge is 0.229 e. The second kappa shape index (κ2) is 6.63. The van der Waals surface area contributed by atoms with E-state index in [0.717, 1.165) is 18.0 Å². The van der Waals surface area contributed by atoms with Gasteiger partial charge in [-0.1, -0.05) is 6.92 Å². The van der Waals surface area contributed by atoms with Crippen LogP contribution < -0.4 is 10.6 Å². The summed E-state index contributed by atoms with van der Waals surface area (Å²) in [5.74, 6) is 0.928. The zero-order valence-electron chi connectivity index (χ0n) is 10.7. The lowest BCUT2D eigenvalue weighted by Crippen LogP contribution is -2.13. The van der Waals surface area contributed by atoms with Gasteiger partial charge in [0.1, 0.15) is 5.01 Å². The van der Waals surface area contributed by atoms with Crippen LogP contribution in [-0.2, 0) is 0 Å². The summed E-state index contributed by atoms with van der Waals surface area (Å²) in [5.41, 5.74) is 0. The molecule has 0 aliphatic carbocycles. The highest BCUT2D eigenvalue weighted by atomic mass is 35.5. The summed E-state index contributed by atoms with van der Waals surface area (Å²) in [6.45, 7) is 4.77. The standard InChI is InChI=1S/C11H15ClN6S/c1-3-7(8-14-5-6-19-8)15-11-17-9(12)16-10(18-11)13-4-2/h5-7H,3-4H2,1-2H3,(H2,13,15,16,17,18). The summed E-state index contributed by atoms with van der Waals surface area (Å²) < 4.78 is 0. The third-order valence-electron chi connectivity index (χ3n) is 2.40. The highest BCUT2D eigenvalue weighted by Gasteiger charge is 2.14. The molecule has 0 saturated carbocycles. The second-order valence-electron chi connectivity index (χ2n) is 3.76. The summed E-state index contributed by atoms with van der Waals surface area (Å²) in [5, 5.41) is 9.37. The highest BCUT2D eigenvalue weighted by molar-refractivity contribution is 7.09. The average molecular weight is 299 g/mol. The van der Waals surface area contributed by atoms with E-state index in [-0.39, 0.29) is 11.3 Å². The maximum absolute atomic E-state index is 5.88. The van der Waals surface area contributed by atoms with Crippen molar-refractivity contribution in [2.75, 3.05) is 17.2 Å². The van der Waals surface area contributed by atoms with Crippen LogP contribution in [0.2, 0.25) is 5.28 Å². The number of anilines is 2. The van der Waals surface area contributed by atoms with Crippen molar-refractivity contribution in [3.8, 4) is 0 Å². The van der Waals surface area contributed by atoms with Crippen molar-refractivity contribution in [3.63, 3.8) is 0 Å². The van der Waals surface area contributed by atoms with E-state index in [0.29, 0.717) is 11.9 Å². The normalized spacial score (nSPS) is 12.2. The highest BCUT2D eigenvalue weighted by Crippen LogP contribution is 2.23. The Morgan fingerprint density at radius 1 is 1.26 bits per heavy atom. The van der Waals surface area contributed by atoms with Crippen LogP contribution in [0.4, 0.5) is 11.9 Å². The fourth-order valence-corrected chi connectivity index (χ4v) is 2.49. The maximum atomic E-state index is 5.88. The number of thiazole rings is 1. The van der Waals surface area contributed by atoms with Crippen LogP contribution >= 0.6 is 22.9 Å². The number of rotatable bonds is 6. The molecule has 0 bridgehead atoms. The predicted molar refractivity (Wildman–Crippen MR) is 77.8 cm³/mol. The molecule has 0 radical (unpaired) electrons. The summed E-state index contributed by atoms with van der Waals surface area (Å²) in [7, 11) is 0. The zero-order chi connectivity index (χ0) is 13.7. The molecule has 0 saturated heterocycles. The van der Waals surface area contributed by atoms with Gasteiger partial charge in [-0.2, -0.15) is 15.0 Å². The molecule has 0 fully saturated rings. The Morgan fingerprint density at radius 2 is 2.05 bits per heavy atom. The lowest BCUT2D eigenvalue weighted by atomic mass is 10.2. The van der Waals surface area contributed by atoms with Crippen molar-refractivity contribution in [1.82, 2.24) is 19.9 Å². The van der Waals surface area contributed by atoms with Crippen molar-refractivity contribution in [3.05, 3.63) is 21.9 Å². The van der Waals surface area contributed by atoms with Crippen LogP contribution in [0.5, 0.6) is 0 Å². The number of nitrogens with zero attached hydrogens (tertiary/aromatic N) is 4. The number of hydrogen-bond donors (Lipinski definition) is 2. The van der Waals surface area contributed by atoms with Gasteiger partial charge in [0, 0.05) is 18.1 Å². The largest absolute Gasteiger partial charge is 0.354 e. The average Bonchev–Trinajstić information content (AvgIpc) is 2.89. The molecule has 2 heterocycles. The fraction of sp³-hybridized carbons (Fsp3) is 0.455. The Hall–Kier alpha value is -1.47. The lowest BCUT2D eigenvalue weighted by Gasteiger charge is -2.14. The molecule has 6 nitrogen and oxygen atoms in total. The van der Waals surface area contributed by atoms with Crippen LogP contribution in [0.1, 0.15) is 31.3 Å². The van der Waals surface area contributed by atoms with Crippen LogP contribution in [0, 0.1) is 0 Å². The Bertz CT molecular complexity index is 518. The van der Waals surface area contributed by atoms with Gasteiger partial charge in [0.2, 0.25) is 17.2 Å². The van der Waals surface area contributed by atoms with Crippen molar-refractivity contribution in [2.45, 2.75) is 26.3 Å². The van der Waals surface area contributed by atoms with E-state index >= 15 is 0 Å². The van der Waals surface area contributed by atoms with E-state index in [1.807, 2.05) is 12.3 Å². The molecule has 0 aliphatic rings. The number of halogens is 1. The van der Waals surface area contributed by atoms with Gasteiger partial charge in [-0.05, 0) is 24.9 Å². The first-order valence-corrected chi connectivity index (χ1v) is 7.30. The van der Waals surface area contributed by atoms with E-state index in [9.17, 15) is 0 Å². The molecule has 102 valence electrons. The minimum absolute atomic E-state index is 0.0768. The van der Waals surface area contributed by atoms with Gasteiger partial charge >= 0.3 is 0 Å². The molecule has 0 amide bonds. The van der Waals surface area contributed by atoms with Crippen molar-refractivity contribution in [1.29, 1.82) is 0 Å². The first-order chi connectivity index (χ1) is 9.22. The predicted octanol–water partition coefficient (Wildman–Crippen LogP) is 2.98. The van der Waals surface area contributed by atoms with Crippen molar-refractivity contribution >= 4 is 34.8 Å². The summed E-state index contributed by atoms with van der Waals surface area (Å²) in [6, 6.07) is 0.0768. The number of hydrogen-bond acceptors (Lipinski definition) is 7. The Labute approximate surface area is 120 Å². The number of aromatic nitrogens is 4. The molecule has 0 aromatic carbocycles. The molecule has 1 unspecified atom stereocenters. The summed E-state index contributed by atoms with van der Waals surface area (Å²) in [4.78, 5) is 16.7. The first-order valence-electron chi connectivity index (χ1n) is 6.04. The van der Waals surface area contributed by atoms with E-state index in [1.165, 1.54) is 0 Å². The van der Waals surface area contributed by atoms with Crippen molar-refractivity contribution < 1.29 is 0 Å². The molecule has 0 aliphatic heterocycles. The molecule has 19 heavy (non-hydrogen) atoms. The topological polar surface area (TPSA) is 75.6 Å². The summed E-state index contributed by atoms with van der Waals surface area (Å²) in [6.07, 6.45) is 2.67. The molecular weight excluding hydrogens is 284 g/mol. The maximum Gasteiger partial charge on any atom is 0.229 e. The van der Waals surface area contributed by atoms with Gasteiger partial charge in [-0.25, -0.2) is 4.98 Å². The van der Waals surface area contributed by atoms with Gasteiger partial charge in [0.15, 0.2) is 0 Å². The SMILES string of the molecule is CCNc1nc(Cl)nc(NC(CC)c2nccs2)n1. The second-order valence-corrected chi connectivity index (χ2v) is 5.02. The molecule has 0 spiro atoms. The van der Waals surface area contributed by atoms with E-state index in [1.54, 1.807) is 17.5 Å². The molecule has 1 atom stereocenters. The fourth-order valence-electron chi connectivity index (χ4n) is 1.55. The Kier molecular flexibility index (Phi) is 4.86. The van der Waals surface area contributed by atoms with Gasteiger partial charge in [-0.15, -0.1) is 11.3 Å². The van der Waals surface area contributed by atoms with Crippen LogP contribution in [0.25, 0.3) is 0 Å². The number of nitrogens with one attached hydrogen (secondary N) is 2. The van der Waals surface area contributed by atoms with Gasteiger partial charge in [-0.3, -0.25) is 0 Å². The zero-order valence-corrected chi connectivity index (χ0v) is 12.3. The molecule has 2 aromatic heterocycles. The van der Waals surface area contributed by atoms with Crippen LogP contribution in [0.15, 0.2) is 11.6 Å². The quantitative estimate of drug-likeness (QED) is 0.854. The minimum Gasteiger partial charge on any atom is -0.354 e. The van der Waals surface area contributed by atoms with E-state index in [4.69, 9.17) is 11.6 Å². The van der Waals surface area contributed by atoms with Gasteiger partial charge < -0.3 is 10.6 Å². The first kappa shape index (κ1) is 14.0. The molecule has 2 N–H and O–H groups in total. The third-order valence-corrected chi connectivity index (χ3v) is 3.46. The van der Waals surface area contributed by atoms with Crippen LogP contribution in [-0.4, -0.2) is 26.5 Å². The monoisotopic (exact) mass is 298 g/mol. The minimum atomic E-state index is 0.0768. The molecular formula is C11H15ClN6S. The third kappa shape index (κ3) is 3.74. The van der Waals surface area contributed by atoms with E-state index in [2.05, 4.69) is 37.5 Å². The lowest BCUT2D eigenvalue weighted by molar-refractivity contribution is 0.730. The molecule has 2 aromatic rings. The van der Waals surface area contributed by atoms with Gasteiger partial charge in [0.25, 0.3) is 0 Å². The molecule has 8 heteroatoms. The van der Waals surface area contributed by atoms with Crippen LogP contribution in [0.3, 0.4) is 0 Å². The van der Waals surface area contributed by atoms with Gasteiger partial charge in [0.05, 0.1) is 6.04 Å². The Morgan fingerprint density at radius 3 is 2.68 bits per heavy atom. The van der Waals surface area contributed by atoms with Crippen molar-refractivity contribution in [2.24, 2.45) is 0 Å².